The fraction of sp³-hybridized carbons (Fsp3) is 0.636. The zero-order valence-corrected chi connectivity index (χ0v) is 20.0. The van der Waals surface area contributed by atoms with E-state index in [1.165, 1.54) is 12.7 Å². The summed E-state index contributed by atoms with van der Waals surface area (Å²) in [4.78, 5) is 13.5. The molecule has 31 heavy (non-hydrogen) atoms. The Kier molecular flexibility index (Phi) is 7.58. The lowest BCUT2D eigenvalue weighted by Gasteiger charge is -2.18. The second-order valence-electron chi connectivity index (χ2n) is 8.92. The molecule has 0 amide bonds. The fourth-order valence-corrected chi connectivity index (χ4v) is 4.63. The Labute approximate surface area is 184 Å². The second-order valence-corrected chi connectivity index (χ2v) is 13.2. The number of hydrogen-bond donors (Lipinski definition) is 2. The normalized spacial score (nSPS) is 24.8. The van der Waals surface area contributed by atoms with Gasteiger partial charge in [-0.1, -0.05) is 18.6 Å². The van der Waals surface area contributed by atoms with Gasteiger partial charge >= 0.3 is 6.01 Å². The summed E-state index contributed by atoms with van der Waals surface area (Å²) in [6.45, 7) is 7.28. The van der Waals surface area contributed by atoms with Crippen molar-refractivity contribution in [2.24, 2.45) is 0 Å². The maximum Gasteiger partial charge on any atom is 0.318 e. The molecule has 1 fully saturated rings. The first kappa shape index (κ1) is 23.9. The molecule has 3 heterocycles. The number of aliphatic hydroxyl groups is 2. The summed E-state index contributed by atoms with van der Waals surface area (Å²) < 4.78 is 13.1. The highest BCUT2D eigenvalue weighted by atomic mass is 31.2. The number of aromatic nitrogens is 4. The summed E-state index contributed by atoms with van der Waals surface area (Å²) in [7, 11) is 1.52. The average molecular weight is 451 g/mol. The van der Waals surface area contributed by atoms with Gasteiger partial charge in [0.15, 0.2) is 11.9 Å². The number of fused-ring (bicyclic) bond motifs is 1. The van der Waals surface area contributed by atoms with Crippen molar-refractivity contribution in [2.75, 3.05) is 26.6 Å². The molecular formula is C22H35N4O4P. The van der Waals surface area contributed by atoms with Gasteiger partial charge in [-0.3, -0.25) is 4.57 Å². The minimum atomic E-state index is -1.25. The highest BCUT2D eigenvalue weighted by molar-refractivity contribution is 7.72. The molecule has 1 saturated heterocycles. The van der Waals surface area contributed by atoms with E-state index >= 15 is 0 Å². The van der Waals surface area contributed by atoms with Crippen LogP contribution >= 0.6 is 6.89 Å². The molecule has 2 N–H and O–H groups in total. The van der Waals surface area contributed by atoms with Crippen LogP contribution in [0.15, 0.2) is 18.0 Å². The van der Waals surface area contributed by atoms with Crippen LogP contribution in [0.1, 0.15) is 45.0 Å². The maximum atomic E-state index is 10.7. The third kappa shape index (κ3) is 5.55. The summed E-state index contributed by atoms with van der Waals surface area (Å²) in [6, 6.07) is 0.244. The minimum absolute atomic E-state index is 0.244. The standard InChI is InChI=1S/C22H35N4O4P/c1-7-14(2)9-8-10-15-17-20(25-22(24-15)29-3)26(13-23-17)21-19(28)18(27)16(30-21)11-12-31(4,5)6/h9,13,16,18-19,21,27-28H,4,7-8,10-12H2,1-3,5-6H3/b14-9-/t16-,18-,19-,21-/m1/s1. The van der Waals surface area contributed by atoms with E-state index in [4.69, 9.17) is 9.47 Å². The van der Waals surface area contributed by atoms with Crippen molar-refractivity contribution >= 4 is 24.3 Å². The number of hydrogen-bond acceptors (Lipinski definition) is 7. The summed E-state index contributed by atoms with van der Waals surface area (Å²) in [5.74, 6) is 0. The summed E-state index contributed by atoms with van der Waals surface area (Å²) in [6.07, 6.45) is 8.83. The van der Waals surface area contributed by atoms with Gasteiger partial charge in [0.25, 0.3) is 0 Å². The third-order valence-corrected chi connectivity index (χ3v) is 7.19. The van der Waals surface area contributed by atoms with Crippen molar-refractivity contribution in [3.63, 3.8) is 0 Å². The van der Waals surface area contributed by atoms with E-state index < -0.39 is 31.4 Å². The molecule has 9 heteroatoms. The van der Waals surface area contributed by atoms with Crippen LogP contribution in [0, 0.1) is 0 Å². The van der Waals surface area contributed by atoms with Crippen LogP contribution in [0.25, 0.3) is 11.2 Å². The smallest absolute Gasteiger partial charge is 0.318 e. The molecule has 0 aromatic carbocycles. The molecular weight excluding hydrogens is 415 g/mol. The SMILES string of the molecule is C=P(C)(C)CC[C@H]1O[C@@H](n2cnc3c(CC/C=C(/C)CC)nc(OC)nc32)[C@H](O)[C@@H]1O. The number of methoxy groups -OCH3 is 1. The first-order chi connectivity index (χ1) is 14.6. The molecule has 0 saturated carbocycles. The van der Waals surface area contributed by atoms with Gasteiger partial charge in [0.05, 0.1) is 25.2 Å². The molecule has 0 spiro atoms. The van der Waals surface area contributed by atoms with Crippen molar-refractivity contribution in [3.8, 4) is 6.01 Å². The molecule has 0 bridgehead atoms. The topological polar surface area (TPSA) is 103 Å². The Morgan fingerprint density at radius 2 is 2.06 bits per heavy atom. The van der Waals surface area contributed by atoms with Gasteiger partial charge in [-0.05, 0) is 52.1 Å². The number of imidazole rings is 1. The van der Waals surface area contributed by atoms with Crippen molar-refractivity contribution in [1.82, 2.24) is 19.5 Å². The molecule has 0 unspecified atom stereocenters. The van der Waals surface area contributed by atoms with Gasteiger partial charge in [-0.2, -0.15) is 9.97 Å². The van der Waals surface area contributed by atoms with Crippen molar-refractivity contribution in [2.45, 2.75) is 64.1 Å². The highest BCUT2D eigenvalue weighted by Gasteiger charge is 2.44. The molecule has 3 rings (SSSR count). The Morgan fingerprint density at radius 1 is 1.32 bits per heavy atom. The second kappa shape index (κ2) is 9.82. The van der Waals surface area contributed by atoms with E-state index in [2.05, 4.69) is 54.5 Å². The molecule has 8 nitrogen and oxygen atoms in total. The van der Waals surface area contributed by atoms with Crippen molar-refractivity contribution in [1.29, 1.82) is 0 Å². The summed E-state index contributed by atoms with van der Waals surface area (Å²) >= 11 is 0. The van der Waals surface area contributed by atoms with Crippen LogP contribution in [-0.4, -0.2) is 80.9 Å². The zero-order valence-electron chi connectivity index (χ0n) is 19.2. The van der Waals surface area contributed by atoms with Crippen molar-refractivity contribution < 1.29 is 19.7 Å². The number of aryl methyl sites for hydroxylation is 1. The molecule has 0 radical (unpaired) electrons. The van der Waals surface area contributed by atoms with Crippen LogP contribution < -0.4 is 4.74 Å². The highest BCUT2D eigenvalue weighted by Crippen LogP contribution is 2.40. The quantitative estimate of drug-likeness (QED) is 0.447. The van der Waals surface area contributed by atoms with Gasteiger partial charge < -0.3 is 19.7 Å². The molecule has 0 aliphatic carbocycles. The predicted molar refractivity (Wildman–Crippen MR) is 126 cm³/mol. The maximum absolute atomic E-state index is 10.7. The van der Waals surface area contributed by atoms with E-state index in [1.54, 1.807) is 10.9 Å². The third-order valence-electron chi connectivity index (χ3n) is 5.72. The molecule has 172 valence electrons. The monoisotopic (exact) mass is 450 g/mol. The largest absolute Gasteiger partial charge is 0.467 e. The lowest BCUT2D eigenvalue weighted by atomic mass is 10.1. The van der Waals surface area contributed by atoms with Crippen LogP contribution in [-0.2, 0) is 11.2 Å². The van der Waals surface area contributed by atoms with Crippen LogP contribution in [0.2, 0.25) is 0 Å². The Bertz CT molecular complexity index is 983. The van der Waals surface area contributed by atoms with E-state index in [9.17, 15) is 10.2 Å². The minimum Gasteiger partial charge on any atom is -0.467 e. The summed E-state index contributed by atoms with van der Waals surface area (Å²) in [5, 5.41) is 21.3. The summed E-state index contributed by atoms with van der Waals surface area (Å²) in [5.41, 5.74) is 3.30. The van der Waals surface area contributed by atoms with Crippen molar-refractivity contribution in [3.05, 3.63) is 23.7 Å². The molecule has 2 aromatic heterocycles. The Hall–Kier alpha value is -1.73. The first-order valence-corrected chi connectivity index (χ1v) is 13.8. The fourth-order valence-electron chi connectivity index (χ4n) is 3.68. The number of aliphatic hydroxyl groups excluding tert-OH is 2. The van der Waals surface area contributed by atoms with Gasteiger partial charge in [0.2, 0.25) is 0 Å². The molecule has 2 aromatic rings. The molecule has 4 atom stereocenters. The van der Waals surface area contributed by atoms with E-state index in [0.29, 0.717) is 24.0 Å². The van der Waals surface area contributed by atoms with E-state index in [-0.39, 0.29) is 6.01 Å². The van der Waals surface area contributed by atoms with Crippen LogP contribution in [0.3, 0.4) is 0 Å². The lowest BCUT2D eigenvalue weighted by Crippen LogP contribution is -2.31. The Balaban J connectivity index is 1.89. The molecule has 1 aliphatic heterocycles. The van der Waals surface area contributed by atoms with Crippen LogP contribution in [0.5, 0.6) is 6.01 Å². The van der Waals surface area contributed by atoms with Crippen LogP contribution in [0.4, 0.5) is 0 Å². The predicted octanol–water partition coefficient (Wildman–Crippen LogP) is 2.84. The Morgan fingerprint density at radius 3 is 2.71 bits per heavy atom. The van der Waals surface area contributed by atoms with E-state index in [0.717, 1.165) is 24.7 Å². The first-order valence-electron chi connectivity index (χ1n) is 10.8. The average Bonchev–Trinajstić information content (AvgIpc) is 3.27. The zero-order chi connectivity index (χ0) is 22.8. The number of rotatable bonds is 9. The van der Waals surface area contributed by atoms with Gasteiger partial charge in [-0.15, -0.1) is 13.2 Å². The van der Waals surface area contributed by atoms with E-state index in [1.807, 2.05) is 0 Å². The molecule has 1 aliphatic rings. The van der Waals surface area contributed by atoms with Gasteiger partial charge in [0.1, 0.15) is 17.7 Å². The number of nitrogens with zero attached hydrogens (tertiary/aromatic N) is 4. The number of allylic oxidation sites excluding steroid dienone is 2. The number of ether oxygens (including phenoxy) is 2. The lowest BCUT2D eigenvalue weighted by molar-refractivity contribution is -0.0353. The van der Waals surface area contributed by atoms with Gasteiger partial charge in [0, 0.05) is 0 Å². The van der Waals surface area contributed by atoms with Gasteiger partial charge in [-0.25, -0.2) is 4.98 Å².